The number of para-hydroxylation sites is 2. The van der Waals surface area contributed by atoms with Gasteiger partial charge in [-0.3, -0.25) is 4.79 Å². The largest absolute Gasteiger partial charge is 0.463 e. The van der Waals surface area contributed by atoms with Crippen LogP contribution in [0.2, 0.25) is 10.0 Å². The first kappa shape index (κ1) is 26.4. The molecule has 2 aromatic carbocycles. The molecule has 7 nitrogen and oxygen atoms in total. The molecule has 0 radical (unpaired) electrons. The molecule has 0 aromatic heterocycles. The number of hydrogen-bond donors (Lipinski definition) is 1. The Kier molecular flexibility index (Phi) is 13.1. The monoisotopic (exact) mass is 485 g/mol. The zero-order valence-electron chi connectivity index (χ0n) is 18.1. The highest BCUT2D eigenvalue weighted by atomic mass is 35.5. The number of ether oxygens (including phenoxy) is 5. The first-order valence-electron chi connectivity index (χ1n) is 10.3. The standard InChI is InChI=1S/C23H29Cl2NO6/c1-28-9-10-29-11-12-30-13-14-31-15-16-32-22(27)17-18-5-2-3-8-21(18)26-23-19(24)6-4-7-20(23)25/h2-8,26H,9-17H2,1H3. The van der Waals surface area contributed by atoms with Gasteiger partial charge in [0.2, 0.25) is 0 Å². The van der Waals surface area contributed by atoms with Crippen molar-refractivity contribution in [3.05, 3.63) is 58.1 Å². The fourth-order valence-corrected chi connectivity index (χ4v) is 3.15. The molecule has 0 aliphatic heterocycles. The molecule has 0 saturated heterocycles. The summed E-state index contributed by atoms with van der Waals surface area (Å²) in [5, 5.41) is 4.19. The number of hydrogen-bond acceptors (Lipinski definition) is 7. The fraction of sp³-hybridized carbons (Fsp3) is 0.435. The molecule has 1 N–H and O–H groups in total. The molecule has 9 heteroatoms. The van der Waals surface area contributed by atoms with E-state index in [0.717, 1.165) is 11.3 Å². The van der Waals surface area contributed by atoms with E-state index in [1.807, 2.05) is 24.3 Å². The number of rotatable bonds is 16. The maximum absolute atomic E-state index is 12.2. The highest BCUT2D eigenvalue weighted by molar-refractivity contribution is 6.39. The molecule has 0 amide bonds. The van der Waals surface area contributed by atoms with Crippen LogP contribution in [-0.2, 0) is 34.9 Å². The lowest BCUT2D eigenvalue weighted by atomic mass is 10.1. The molecule has 2 aromatic rings. The third-order valence-corrected chi connectivity index (χ3v) is 4.87. The molecule has 0 saturated carbocycles. The number of nitrogens with one attached hydrogen (secondary N) is 1. The zero-order valence-corrected chi connectivity index (χ0v) is 19.6. The molecule has 0 aliphatic carbocycles. The quantitative estimate of drug-likeness (QED) is 0.276. The molecule has 0 bridgehead atoms. The maximum atomic E-state index is 12.2. The van der Waals surface area contributed by atoms with Crippen LogP contribution in [0.5, 0.6) is 0 Å². The fourth-order valence-electron chi connectivity index (χ4n) is 2.65. The van der Waals surface area contributed by atoms with Gasteiger partial charge >= 0.3 is 5.97 Å². The van der Waals surface area contributed by atoms with E-state index in [4.69, 9.17) is 46.9 Å². The first-order chi connectivity index (χ1) is 15.6. The average Bonchev–Trinajstić information content (AvgIpc) is 2.78. The highest BCUT2D eigenvalue weighted by Gasteiger charge is 2.12. The van der Waals surface area contributed by atoms with Crippen LogP contribution in [-0.4, -0.2) is 65.9 Å². The molecular formula is C23H29Cl2NO6. The summed E-state index contributed by atoms with van der Waals surface area (Å²) < 4.78 is 26.2. The SMILES string of the molecule is COCCOCCOCCOCCOC(=O)Cc1ccccc1Nc1c(Cl)cccc1Cl. The molecule has 2 rings (SSSR count). The summed E-state index contributed by atoms with van der Waals surface area (Å²) in [5.41, 5.74) is 2.10. The van der Waals surface area contributed by atoms with E-state index >= 15 is 0 Å². The van der Waals surface area contributed by atoms with Crippen molar-refractivity contribution in [1.82, 2.24) is 0 Å². The van der Waals surface area contributed by atoms with E-state index in [9.17, 15) is 4.79 Å². The average molecular weight is 486 g/mol. The van der Waals surface area contributed by atoms with Gasteiger partial charge in [0.1, 0.15) is 6.61 Å². The van der Waals surface area contributed by atoms with Gasteiger partial charge in [-0.15, -0.1) is 0 Å². The Morgan fingerprint density at radius 2 is 1.34 bits per heavy atom. The van der Waals surface area contributed by atoms with E-state index in [0.29, 0.717) is 62.0 Å². The predicted octanol–water partition coefficient (Wildman–Crippen LogP) is 4.52. The highest BCUT2D eigenvalue weighted by Crippen LogP contribution is 2.33. The lowest BCUT2D eigenvalue weighted by Gasteiger charge is -2.14. The smallest absolute Gasteiger partial charge is 0.310 e. The minimum atomic E-state index is -0.349. The van der Waals surface area contributed by atoms with Crippen molar-refractivity contribution < 1.29 is 28.5 Å². The van der Waals surface area contributed by atoms with Crippen LogP contribution >= 0.6 is 23.2 Å². The number of carbonyl (C=O) groups is 1. The maximum Gasteiger partial charge on any atom is 0.310 e. The van der Waals surface area contributed by atoms with Gasteiger partial charge in [0.05, 0.1) is 68.4 Å². The van der Waals surface area contributed by atoms with Crippen molar-refractivity contribution in [2.45, 2.75) is 6.42 Å². The van der Waals surface area contributed by atoms with Crippen molar-refractivity contribution >= 4 is 40.5 Å². The predicted molar refractivity (Wildman–Crippen MR) is 125 cm³/mol. The second kappa shape index (κ2) is 15.9. The Balaban J connectivity index is 1.64. The third kappa shape index (κ3) is 10.2. The minimum Gasteiger partial charge on any atom is -0.463 e. The topological polar surface area (TPSA) is 75.2 Å². The normalized spacial score (nSPS) is 10.8. The van der Waals surface area contributed by atoms with E-state index in [1.165, 1.54) is 0 Å². The number of methoxy groups -OCH3 is 1. The van der Waals surface area contributed by atoms with Crippen molar-refractivity contribution in [1.29, 1.82) is 0 Å². The molecule has 176 valence electrons. The lowest BCUT2D eigenvalue weighted by Crippen LogP contribution is -2.15. The van der Waals surface area contributed by atoms with Crippen LogP contribution in [0.4, 0.5) is 11.4 Å². The van der Waals surface area contributed by atoms with Crippen LogP contribution in [0.25, 0.3) is 0 Å². The zero-order chi connectivity index (χ0) is 23.0. The number of anilines is 2. The Morgan fingerprint density at radius 1 is 0.781 bits per heavy atom. The number of carbonyl (C=O) groups excluding carboxylic acids is 1. The summed E-state index contributed by atoms with van der Waals surface area (Å²) in [4.78, 5) is 12.2. The second-order valence-corrected chi connectivity index (χ2v) is 7.42. The summed E-state index contributed by atoms with van der Waals surface area (Å²) in [7, 11) is 1.63. The number of halogens is 2. The van der Waals surface area contributed by atoms with Crippen LogP contribution in [0, 0.1) is 0 Å². The second-order valence-electron chi connectivity index (χ2n) is 6.61. The third-order valence-electron chi connectivity index (χ3n) is 4.24. The summed E-state index contributed by atoms with van der Waals surface area (Å²) >= 11 is 12.5. The van der Waals surface area contributed by atoms with Crippen LogP contribution < -0.4 is 5.32 Å². The van der Waals surface area contributed by atoms with E-state index in [-0.39, 0.29) is 19.0 Å². The van der Waals surface area contributed by atoms with Gasteiger partial charge in [-0.1, -0.05) is 47.5 Å². The molecular weight excluding hydrogens is 457 g/mol. The molecule has 32 heavy (non-hydrogen) atoms. The van der Waals surface area contributed by atoms with Gasteiger partial charge in [-0.05, 0) is 23.8 Å². The van der Waals surface area contributed by atoms with E-state index in [1.54, 1.807) is 25.3 Å². The summed E-state index contributed by atoms with van der Waals surface area (Å²) in [6, 6.07) is 12.7. The van der Waals surface area contributed by atoms with Gasteiger partial charge in [-0.25, -0.2) is 0 Å². The van der Waals surface area contributed by atoms with Gasteiger partial charge in [0.15, 0.2) is 0 Å². The lowest BCUT2D eigenvalue weighted by molar-refractivity contribution is -0.144. The van der Waals surface area contributed by atoms with Crippen LogP contribution in [0.1, 0.15) is 5.56 Å². The minimum absolute atomic E-state index is 0.109. The molecule has 0 atom stereocenters. The van der Waals surface area contributed by atoms with Crippen molar-refractivity contribution in [2.75, 3.05) is 65.3 Å². The van der Waals surface area contributed by atoms with Crippen LogP contribution in [0.15, 0.2) is 42.5 Å². The van der Waals surface area contributed by atoms with Gasteiger partial charge in [0.25, 0.3) is 0 Å². The molecule has 0 spiro atoms. The summed E-state index contributed by atoms with van der Waals surface area (Å²) in [6.07, 6.45) is 0.109. The molecule has 0 fully saturated rings. The van der Waals surface area contributed by atoms with Gasteiger partial charge in [0, 0.05) is 12.8 Å². The molecule has 0 aliphatic rings. The van der Waals surface area contributed by atoms with E-state index < -0.39 is 0 Å². The van der Waals surface area contributed by atoms with Crippen molar-refractivity contribution in [3.63, 3.8) is 0 Å². The number of benzene rings is 2. The van der Waals surface area contributed by atoms with Gasteiger partial charge < -0.3 is 29.0 Å². The Labute approximate surface area is 198 Å². The van der Waals surface area contributed by atoms with Crippen LogP contribution in [0.3, 0.4) is 0 Å². The Bertz CT molecular complexity index is 801. The molecule has 0 heterocycles. The number of esters is 1. The summed E-state index contributed by atoms with van der Waals surface area (Å²) in [6.45, 7) is 3.47. The summed E-state index contributed by atoms with van der Waals surface area (Å²) in [5.74, 6) is -0.349. The first-order valence-corrected chi connectivity index (χ1v) is 11.0. The van der Waals surface area contributed by atoms with E-state index in [2.05, 4.69) is 5.32 Å². The van der Waals surface area contributed by atoms with Crippen molar-refractivity contribution in [2.24, 2.45) is 0 Å². The Morgan fingerprint density at radius 3 is 1.97 bits per heavy atom. The van der Waals surface area contributed by atoms with Crippen molar-refractivity contribution in [3.8, 4) is 0 Å². The Hall–Kier alpha value is -1.87. The molecule has 0 unspecified atom stereocenters. The van der Waals surface area contributed by atoms with Gasteiger partial charge in [-0.2, -0.15) is 0 Å².